The molecule has 0 rings (SSSR count). The summed E-state index contributed by atoms with van der Waals surface area (Å²) in [5.41, 5.74) is -0.557. The van der Waals surface area contributed by atoms with E-state index in [4.69, 9.17) is 16.3 Å². The second-order valence-electron chi connectivity index (χ2n) is 3.55. The highest BCUT2D eigenvalue weighted by atomic mass is 16.6. The molecule has 2 N–H and O–H groups in total. The largest absolute Gasteiger partial charge is 0.444 e. The zero-order chi connectivity index (χ0) is 10.5. The first kappa shape index (κ1) is 11.8. The Morgan fingerprint density at radius 2 is 2.23 bits per heavy atom. The minimum absolute atomic E-state index is 0.296. The Morgan fingerprint density at radius 3 is 2.54 bits per heavy atom. The van der Waals surface area contributed by atoms with Crippen molar-refractivity contribution in [3.8, 4) is 12.3 Å². The molecule has 0 aromatic carbocycles. The average Bonchev–Trinajstić information content (AvgIpc) is 1.96. The average molecular weight is 185 g/mol. The molecule has 0 unspecified atom stereocenters. The van der Waals surface area contributed by atoms with Gasteiger partial charge in [0, 0.05) is 0 Å². The molecule has 0 heterocycles. The first-order chi connectivity index (χ1) is 5.89. The molecule has 0 aromatic rings. The van der Waals surface area contributed by atoms with Crippen LogP contribution in [0.2, 0.25) is 0 Å². The van der Waals surface area contributed by atoms with E-state index in [0.29, 0.717) is 0 Å². The van der Waals surface area contributed by atoms with Gasteiger partial charge in [-0.15, -0.1) is 6.42 Å². The number of aliphatic hydroxyl groups excluding tert-OH is 1. The summed E-state index contributed by atoms with van der Waals surface area (Å²) < 4.78 is 4.92. The number of carbonyl (C=O) groups excluding carboxylic acids is 1. The van der Waals surface area contributed by atoms with Crippen molar-refractivity contribution in [1.82, 2.24) is 5.32 Å². The Balaban J connectivity index is 3.96. The summed E-state index contributed by atoms with van der Waals surface area (Å²) in [6, 6.07) is -0.685. The lowest BCUT2D eigenvalue weighted by Gasteiger charge is -2.20. The van der Waals surface area contributed by atoms with E-state index in [1.54, 1.807) is 20.8 Å². The number of carbonyl (C=O) groups is 1. The second-order valence-corrected chi connectivity index (χ2v) is 3.55. The van der Waals surface area contributed by atoms with Crippen molar-refractivity contribution in [3.05, 3.63) is 0 Å². The zero-order valence-corrected chi connectivity index (χ0v) is 8.13. The summed E-state index contributed by atoms with van der Waals surface area (Å²) in [5, 5.41) is 11.0. The van der Waals surface area contributed by atoms with Gasteiger partial charge < -0.3 is 15.2 Å². The number of aliphatic hydroxyl groups is 1. The molecule has 74 valence electrons. The second kappa shape index (κ2) is 4.73. The van der Waals surface area contributed by atoms with Gasteiger partial charge in [-0.3, -0.25) is 0 Å². The van der Waals surface area contributed by atoms with E-state index >= 15 is 0 Å². The van der Waals surface area contributed by atoms with Crippen LogP contribution in [0.5, 0.6) is 0 Å². The molecule has 0 saturated carbocycles. The van der Waals surface area contributed by atoms with Crippen LogP contribution in [-0.2, 0) is 4.74 Å². The van der Waals surface area contributed by atoms with E-state index in [1.807, 2.05) is 0 Å². The van der Waals surface area contributed by atoms with Gasteiger partial charge in [-0.25, -0.2) is 4.79 Å². The number of ether oxygens (including phenoxy) is 1. The Bertz CT molecular complexity index is 212. The van der Waals surface area contributed by atoms with Crippen molar-refractivity contribution in [2.24, 2.45) is 0 Å². The quantitative estimate of drug-likeness (QED) is 0.616. The fourth-order valence-electron chi connectivity index (χ4n) is 0.590. The zero-order valence-electron chi connectivity index (χ0n) is 8.13. The van der Waals surface area contributed by atoms with E-state index < -0.39 is 17.7 Å². The van der Waals surface area contributed by atoms with Crippen molar-refractivity contribution in [1.29, 1.82) is 0 Å². The number of terminal acetylenes is 1. The molecule has 4 nitrogen and oxygen atoms in total. The van der Waals surface area contributed by atoms with E-state index in [1.165, 1.54) is 0 Å². The maximum absolute atomic E-state index is 11.0. The topological polar surface area (TPSA) is 58.6 Å². The first-order valence-electron chi connectivity index (χ1n) is 3.95. The Labute approximate surface area is 78.3 Å². The number of hydrogen-bond donors (Lipinski definition) is 2. The van der Waals surface area contributed by atoms with Gasteiger partial charge in [0.15, 0.2) is 0 Å². The predicted molar refractivity (Wildman–Crippen MR) is 49.1 cm³/mol. The number of hydrogen-bond acceptors (Lipinski definition) is 3. The smallest absolute Gasteiger partial charge is 0.408 e. The van der Waals surface area contributed by atoms with E-state index in [9.17, 15) is 4.79 Å². The highest BCUT2D eigenvalue weighted by Crippen LogP contribution is 2.06. The summed E-state index contributed by atoms with van der Waals surface area (Å²) >= 11 is 0. The molecule has 0 radical (unpaired) electrons. The lowest BCUT2D eigenvalue weighted by molar-refractivity contribution is 0.0501. The predicted octanol–water partition coefficient (Wildman–Crippen LogP) is 0.505. The molecule has 4 heteroatoms. The normalized spacial score (nSPS) is 12.8. The van der Waals surface area contributed by atoms with Crippen molar-refractivity contribution < 1.29 is 14.6 Å². The van der Waals surface area contributed by atoms with Gasteiger partial charge >= 0.3 is 6.09 Å². The van der Waals surface area contributed by atoms with Crippen LogP contribution in [0.3, 0.4) is 0 Å². The number of alkyl carbamates (subject to hydrolysis) is 1. The minimum Gasteiger partial charge on any atom is -0.444 e. The van der Waals surface area contributed by atoms with Gasteiger partial charge in [0.1, 0.15) is 11.6 Å². The summed E-state index contributed by atoms with van der Waals surface area (Å²) in [6.07, 6.45) is 4.39. The Morgan fingerprint density at radius 1 is 1.69 bits per heavy atom. The fourth-order valence-corrected chi connectivity index (χ4v) is 0.590. The van der Waals surface area contributed by atoms with Crippen LogP contribution in [0.1, 0.15) is 20.8 Å². The third-order valence-electron chi connectivity index (χ3n) is 1.07. The summed E-state index contributed by atoms with van der Waals surface area (Å²) in [5.74, 6) is 2.21. The van der Waals surface area contributed by atoms with Gasteiger partial charge in [-0.2, -0.15) is 0 Å². The lowest BCUT2D eigenvalue weighted by Crippen LogP contribution is -2.40. The number of nitrogens with one attached hydrogen (secondary N) is 1. The van der Waals surface area contributed by atoms with Crippen molar-refractivity contribution in [2.75, 3.05) is 6.61 Å². The molecule has 1 amide bonds. The number of amides is 1. The van der Waals surface area contributed by atoms with Crippen molar-refractivity contribution >= 4 is 6.09 Å². The molecular formula is C9H15NO3. The molecule has 1 atom stereocenters. The summed E-state index contributed by atoms with van der Waals surface area (Å²) in [7, 11) is 0. The molecule has 0 fully saturated rings. The van der Waals surface area contributed by atoms with Crippen LogP contribution in [0.4, 0.5) is 4.79 Å². The lowest BCUT2D eigenvalue weighted by atomic mass is 10.2. The van der Waals surface area contributed by atoms with E-state index in [2.05, 4.69) is 11.2 Å². The van der Waals surface area contributed by atoms with E-state index in [0.717, 1.165) is 0 Å². The van der Waals surface area contributed by atoms with Crippen molar-refractivity contribution in [3.63, 3.8) is 0 Å². The molecule has 0 bridgehead atoms. The fraction of sp³-hybridized carbons (Fsp3) is 0.667. The van der Waals surface area contributed by atoms with Crippen molar-refractivity contribution in [2.45, 2.75) is 32.4 Å². The number of rotatable bonds is 2. The molecule has 0 aromatic heterocycles. The van der Waals surface area contributed by atoms with Crippen LogP contribution in [-0.4, -0.2) is 29.4 Å². The molecular weight excluding hydrogens is 170 g/mol. The Kier molecular flexibility index (Phi) is 4.29. The third-order valence-corrected chi connectivity index (χ3v) is 1.07. The van der Waals surface area contributed by atoms with Crippen LogP contribution in [0, 0.1) is 12.3 Å². The SMILES string of the molecule is C#C[C@@H](CO)NC(=O)OC(C)(C)C. The molecule has 0 aliphatic carbocycles. The van der Waals surface area contributed by atoms with Gasteiger partial charge in [0.2, 0.25) is 0 Å². The van der Waals surface area contributed by atoms with Gasteiger partial charge in [-0.05, 0) is 20.8 Å². The van der Waals surface area contributed by atoms with Gasteiger partial charge in [0.25, 0.3) is 0 Å². The molecule has 0 saturated heterocycles. The van der Waals surface area contributed by atoms with E-state index in [-0.39, 0.29) is 6.61 Å². The maximum Gasteiger partial charge on any atom is 0.408 e. The maximum atomic E-state index is 11.0. The van der Waals surface area contributed by atoms with Crippen LogP contribution in [0.15, 0.2) is 0 Å². The molecule has 13 heavy (non-hydrogen) atoms. The Hall–Kier alpha value is -1.21. The van der Waals surface area contributed by atoms with Crippen LogP contribution >= 0.6 is 0 Å². The first-order valence-corrected chi connectivity index (χ1v) is 3.95. The summed E-state index contributed by atoms with van der Waals surface area (Å²) in [6.45, 7) is 4.94. The monoisotopic (exact) mass is 185 g/mol. The summed E-state index contributed by atoms with van der Waals surface area (Å²) in [4.78, 5) is 11.0. The molecule has 0 aliphatic heterocycles. The molecule has 0 spiro atoms. The highest BCUT2D eigenvalue weighted by Gasteiger charge is 2.17. The highest BCUT2D eigenvalue weighted by molar-refractivity contribution is 5.68. The van der Waals surface area contributed by atoms with Crippen LogP contribution in [0.25, 0.3) is 0 Å². The minimum atomic E-state index is -0.685. The standard InChI is InChI=1S/C9H15NO3/c1-5-7(6-11)10-8(12)13-9(2,3)4/h1,7,11H,6H2,2-4H3,(H,10,12)/t7-/m0/s1. The third kappa shape index (κ3) is 6.00. The van der Waals surface area contributed by atoms with Gasteiger partial charge in [-0.1, -0.05) is 5.92 Å². The molecule has 0 aliphatic rings. The van der Waals surface area contributed by atoms with Crippen LogP contribution < -0.4 is 5.32 Å². The van der Waals surface area contributed by atoms with Gasteiger partial charge in [0.05, 0.1) is 6.61 Å².